The van der Waals surface area contributed by atoms with Crippen LogP contribution >= 0.6 is 0 Å². The largest absolute Gasteiger partial charge is 0.485 e. The van der Waals surface area contributed by atoms with E-state index >= 15 is 0 Å². The fourth-order valence-corrected chi connectivity index (χ4v) is 2.42. The van der Waals surface area contributed by atoms with Gasteiger partial charge in [-0.2, -0.15) is 13.2 Å². The van der Waals surface area contributed by atoms with Crippen molar-refractivity contribution in [2.24, 2.45) is 0 Å². The van der Waals surface area contributed by atoms with Gasteiger partial charge in [0.1, 0.15) is 12.4 Å². The van der Waals surface area contributed by atoms with Crippen LogP contribution in [0.5, 0.6) is 5.75 Å². The van der Waals surface area contributed by atoms with Gasteiger partial charge in [-0.25, -0.2) is 4.79 Å². The zero-order valence-corrected chi connectivity index (χ0v) is 15.2. The molecule has 1 atom stereocenters. The molecule has 0 saturated carbocycles. The van der Waals surface area contributed by atoms with Crippen LogP contribution in [0, 0.1) is 0 Å². The molecule has 2 rings (SSSR count). The highest BCUT2D eigenvalue weighted by atomic mass is 19.4. The van der Waals surface area contributed by atoms with Crippen LogP contribution in [0.1, 0.15) is 21.5 Å². The number of Topliss-reactive ketones (excluding diaryl/α,β-unsaturated/α-hetero) is 1. The van der Waals surface area contributed by atoms with Gasteiger partial charge in [0.05, 0.1) is 6.61 Å². The topological polar surface area (TPSA) is 93.1 Å². The highest BCUT2D eigenvalue weighted by molar-refractivity contribution is 5.97. The summed E-state index contributed by atoms with van der Waals surface area (Å²) in [6.07, 6.45) is -6.50. The minimum Gasteiger partial charge on any atom is -0.485 e. The van der Waals surface area contributed by atoms with E-state index in [1.807, 2.05) is 0 Å². The average molecular weight is 412 g/mol. The minimum absolute atomic E-state index is 0.187. The lowest BCUT2D eigenvalue weighted by molar-refractivity contribution is -0.192. The summed E-state index contributed by atoms with van der Waals surface area (Å²) in [4.78, 5) is 23.2. The second kappa shape index (κ2) is 10.0. The number of carbonyl (C=O) groups excluding carboxylic acids is 1. The molecule has 0 aliphatic rings. The molecule has 0 aliphatic heterocycles. The van der Waals surface area contributed by atoms with Gasteiger partial charge in [-0.15, -0.1) is 0 Å². The van der Waals surface area contributed by atoms with Crippen molar-refractivity contribution in [3.8, 4) is 5.75 Å². The molecule has 0 spiro atoms. The average Bonchev–Trinajstić information content (AvgIpc) is 2.69. The molecule has 0 saturated heterocycles. The van der Waals surface area contributed by atoms with Crippen LogP contribution in [0.15, 0.2) is 48.5 Å². The van der Waals surface area contributed by atoms with Gasteiger partial charge in [-0.05, 0) is 29.3 Å². The number of benzene rings is 2. The Kier molecular flexibility index (Phi) is 7.74. The molecular formula is C20H19F3O6. The number of hydrogen-bond acceptors (Lipinski definition) is 5. The van der Waals surface area contributed by atoms with Crippen LogP contribution < -0.4 is 4.74 Å². The summed E-state index contributed by atoms with van der Waals surface area (Å²) < 4.78 is 46.5. The number of aliphatic hydroxyl groups is 1. The lowest BCUT2D eigenvalue weighted by Crippen LogP contribution is -2.31. The molecule has 0 heterocycles. The molecule has 1 unspecified atom stereocenters. The lowest BCUT2D eigenvalue weighted by atomic mass is 10.1. The first-order valence-corrected chi connectivity index (χ1v) is 8.54. The first-order valence-electron chi connectivity index (χ1n) is 8.54. The molecule has 2 aromatic rings. The summed E-state index contributed by atoms with van der Waals surface area (Å²) in [6.45, 7) is -2.08. The number of alkyl halides is 3. The highest BCUT2D eigenvalue weighted by Crippen LogP contribution is 2.19. The Balaban J connectivity index is 1.91. The van der Waals surface area contributed by atoms with Crippen LogP contribution in [0.4, 0.5) is 13.2 Å². The van der Waals surface area contributed by atoms with E-state index in [0.717, 1.165) is 0 Å². The van der Waals surface area contributed by atoms with Crippen molar-refractivity contribution in [1.29, 1.82) is 0 Å². The van der Waals surface area contributed by atoms with E-state index in [0.29, 0.717) is 22.4 Å². The van der Waals surface area contributed by atoms with Crippen LogP contribution in [-0.4, -0.2) is 47.5 Å². The highest BCUT2D eigenvalue weighted by Gasteiger charge is 2.31. The summed E-state index contributed by atoms with van der Waals surface area (Å²) in [5.74, 6) is -1.45. The molecular weight excluding hydrogens is 393 g/mol. The number of carboxylic acid groups (broad SMARTS) is 1. The predicted octanol–water partition coefficient (Wildman–Crippen LogP) is 3.02. The Morgan fingerprint density at radius 3 is 2.31 bits per heavy atom. The van der Waals surface area contributed by atoms with Gasteiger partial charge in [0.15, 0.2) is 18.5 Å². The van der Waals surface area contributed by atoms with Crippen molar-refractivity contribution in [2.75, 3.05) is 13.2 Å². The maximum atomic E-state index is 12.2. The summed E-state index contributed by atoms with van der Waals surface area (Å²) in [5.41, 5.74) is 1.43. The summed E-state index contributed by atoms with van der Waals surface area (Å²) in [5, 5.41) is 18.1. The number of ketones is 1. The third-order valence-electron chi connectivity index (χ3n) is 3.87. The van der Waals surface area contributed by atoms with Gasteiger partial charge in [-0.3, -0.25) is 4.79 Å². The zero-order valence-electron chi connectivity index (χ0n) is 15.2. The molecule has 0 radical (unpaired) electrons. The van der Waals surface area contributed by atoms with E-state index in [1.54, 1.807) is 24.3 Å². The maximum Gasteiger partial charge on any atom is 0.411 e. The molecule has 0 aliphatic carbocycles. The van der Waals surface area contributed by atoms with Gasteiger partial charge in [0.25, 0.3) is 0 Å². The van der Waals surface area contributed by atoms with Gasteiger partial charge in [0.2, 0.25) is 0 Å². The standard InChI is InChI=1S/C20H19F3O6/c21-20(22,23)12-29-18(19(26)27)9-13-4-6-16(7-5-13)28-11-17(25)15-3-1-2-14(8-15)10-24/h1-8,18,24H,9-12H2,(H,26,27). The first-order chi connectivity index (χ1) is 13.7. The van der Waals surface area contributed by atoms with Gasteiger partial charge in [0, 0.05) is 12.0 Å². The molecule has 0 fully saturated rings. The van der Waals surface area contributed by atoms with Gasteiger partial charge < -0.3 is 19.7 Å². The van der Waals surface area contributed by atoms with E-state index < -0.39 is 24.9 Å². The van der Waals surface area contributed by atoms with Crippen LogP contribution in [0.3, 0.4) is 0 Å². The van der Waals surface area contributed by atoms with Crippen molar-refractivity contribution >= 4 is 11.8 Å². The Morgan fingerprint density at radius 2 is 1.72 bits per heavy atom. The maximum absolute atomic E-state index is 12.2. The predicted molar refractivity (Wildman–Crippen MR) is 95.8 cm³/mol. The molecule has 0 aromatic heterocycles. The molecule has 9 heteroatoms. The number of aliphatic carboxylic acids is 1. The SMILES string of the molecule is O=C(COc1ccc(CC(OCC(F)(F)F)C(=O)O)cc1)c1cccc(CO)c1. The van der Waals surface area contributed by atoms with Crippen LogP contribution in [0.25, 0.3) is 0 Å². The monoisotopic (exact) mass is 412 g/mol. The molecule has 29 heavy (non-hydrogen) atoms. The third-order valence-corrected chi connectivity index (χ3v) is 3.87. The quantitative estimate of drug-likeness (QED) is 0.583. The summed E-state index contributed by atoms with van der Waals surface area (Å²) >= 11 is 0. The second-order valence-corrected chi connectivity index (χ2v) is 6.17. The minimum atomic E-state index is -4.62. The normalized spacial score (nSPS) is 12.4. The fraction of sp³-hybridized carbons (Fsp3) is 0.300. The number of aliphatic hydroxyl groups excluding tert-OH is 1. The molecule has 2 N–H and O–H groups in total. The molecule has 156 valence electrons. The van der Waals surface area contributed by atoms with Crippen molar-refractivity contribution in [3.05, 3.63) is 65.2 Å². The van der Waals surface area contributed by atoms with Crippen molar-refractivity contribution in [1.82, 2.24) is 0 Å². The van der Waals surface area contributed by atoms with Crippen molar-refractivity contribution < 1.29 is 42.4 Å². The number of halogens is 3. The van der Waals surface area contributed by atoms with E-state index in [9.17, 15) is 22.8 Å². The Morgan fingerprint density at radius 1 is 1.03 bits per heavy atom. The number of carbonyl (C=O) groups is 2. The van der Waals surface area contributed by atoms with Gasteiger partial charge >= 0.3 is 12.1 Å². The van der Waals surface area contributed by atoms with E-state index in [-0.39, 0.29) is 25.4 Å². The Hall–Kier alpha value is -2.91. The molecule has 2 aromatic carbocycles. The fourth-order valence-electron chi connectivity index (χ4n) is 2.42. The number of hydrogen-bond donors (Lipinski definition) is 2. The van der Waals surface area contributed by atoms with Crippen LogP contribution in [-0.2, 0) is 22.6 Å². The second-order valence-electron chi connectivity index (χ2n) is 6.17. The molecule has 0 bridgehead atoms. The molecule has 0 amide bonds. The Labute approximate surface area is 164 Å². The van der Waals surface area contributed by atoms with Gasteiger partial charge in [-0.1, -0.05) is 30.3 Å². The van der Waals surface area contributed by atoms with E-state index in [4.69, 9.17) is 14.9 Å². The van der Waals surface area contributed by atoms with E-state index in [2.05, 4.69) is 4.74 Å². The van der Waals surface area contributed by atoms with Crippen molar-refractivity contribution in [2.45, 2.75) is 25.3 Å². The first kappa shape index (κ1) is 22.4. The molecule has 6 nitrogen and oxygen atoms in total. The van der Waals surface area contributed by atoms with Crippen LogP contribution in [0.2, 0.25) is 0 Å². The third kappa shape index (κ3) is 7.55. The van der Waals surface area contributed by atoms with E-state index in [1.165, 1.54) is 24.3 Å². The summed E-state index contributed by atoms with van der Waals surface area (Å²) in [7, 11) is 0. The summed E-state index contributed by atoms with van der Waals surface area (Å²) in [6, 6.07) is 12.4. The van der Waals surface area contributed by atoms with Crippen molar-refractivity contribution in [3.63, 3.8) is 0 Å². The lowest BCUT2D eigenvalue weighted by Gasteiger charge is -2.15. The Bertz CT molecular complexity index is 833. The number of rotatable bonds is 10. The smallest absolute Gasteiger partial charge is 0.411 e. The zero-order chi connectivity index (χ0) is 21.4. The number of carboxylic acids is 1. The number of ether oxygens (including phenoxy) is 2.